The number of hydrogen-bond donors (Lipinski definition) is 1. The number of nitrogens with two attached hydrogens (primary N) is 1. The molecule has 0 unspecified atom stereocenters. The molecule has 4 nitrogen and oxygen atoms in total. The van der Waals surface area contributed by atoms with Crippen molar-refractivity contribution in [3.8, 4) is 0 Å². The Kier molecular flexibility index (Phi) is 1.94. The predicted molar refractivity (Wildman–Crippen MR) is 40.0 cm³/mol. The second-order valence-electron chi connectivity index (χ2n) is 2.65. The molecule has 0 saturated carbocycles. The lowest BCUT2D eigenvalue weighted by Gasteiger charge is -1.99. The summed E-state index contributed by atoms with van der Waals surface area (Å²) < 4.78 is 3.15. The number of amides is 1. The molecular formula is C7H12N3O+. The molecule has 4 heteroatoms. The Morgan fingerprint density at radius 3 is 2.64 bits per heavy atom. The van der Waals surface area contributed by atoms with Crippen molar-refractivity contribution in [1.82, 2.24) is 4.68 Å². The maximum atomic E-state index is 10.8. The van der Waals surface area contributed by atoms with Gasteiger partial charge in [-0.2, -0.15) is 0 Å². The van der Waals surface area contributed by atoms with E-state index in [1.165, 1.54) is 4.68 Å². The van der Waals surface area contributed by atoms with E-state index in [4.69, 9.17) is 5.73 Å². The Labute approximate surface area is 65.2 Å². The van der Waals surface area contributed by atoms with E-state index in [-0.39, 0.29) is 6.04 Å². The molecule has 0 bridgehead atoms. The van der Waals surface area contributed by atoms with Crippen LogP contribution in [0.3, 0.4) is 0 Å². The lowest BCUT2D eigenvalue weighted by Crippen LogP contribution is -2.48. The van der Waals surface area contributed by atoms with Crippen LogP contribution in [-0.2, 0) is 0 Å². The van der Waals surface area contributed by atoms with Gasteiger partial charge in [0.15, 0.2) is 12.2 Å². The van der Waals surface area contributed by atoms with Crippen LogP contribution >= 0.6 is 0 Å². The van der Waals surface area contributed by atoms with Crippen LogP contribution in [-0.4, -0.2) is 10.7 Å². The highest BCUT2D eigenvalue weighted by Gasteiger charge is 2.14. The summed E-state index contributed by atoms with van der Waals surface area (Å²) in [5.41, 5.74) is 5.10. The molecule has 0 aliphatic carbocycles. The smallest absolute Gasteiger partial charge is 0.347 e. The standard InChI is InChI=1S/C7H11N3O/c1-6(2)9-4-3-5-10(9)7(8)11/h3-6H,1-2H3,(H-,8,11)/p+1. The van der Waals surface area contributed by atoms with Crippen LogP contribution < -0.4 is 10.4 Å². The molecule has 1 rings (SSSR count). The summed E-state index contributed by atoms with van der Waals surface area (Å²) in [6.45, 7) is 3.97. The van der Waals surface area contributed by atoms with E-state index in [2.05, 4.69) is 0 Å². The van der Waals surface area contributed by atoms with Gasteiger partial charge in [-0.3, -0.25) is 0 Å². The van der Waals surface area contributed by atoms with Gasteiger partial charge in [-0.1, -0.05) is 4.68 Å². The topological polar surface area (TPSA) is 51.9 Å². The molecule has 1 amide bonds. The maximum Gasteiger partial charge on any atom is 0.372 e. The van der Waals surface area contributed by atoms with Gasteiger partial charge in [0.25, 0.3) is 0 Å². The van der Waals surface area contributed by atoms with Gasteiger partial charge >= 0.3 is 6.03 Å². The lowest BCUT2D eigenvalue weighted by molar-refractivity contribution is -0.781. The van der Waals surface area contributed by atoms with Crippen LogP contribution in [0.5, 0.6) is 0 Å². The van der Waals surface area contributed by atoms with Gasteiger partial charge < -0.3 is 5.73 Å². The number of carbonyl (C=O) groups is 1. The molecule has 0 radical (unpaired) electrons. The summed E-state index contributed by atoms with van der Waals surface area (Å²) in [7, 11) is 0. The van der Waals surface area contributed by atoms with Gasteiger partial charge in [0, 0.05) is 6.07 Å². The summed E-state index contributed by atoms with van der Waals surface area (Å²) in [6, 6.07) is 1.58. The van der Waals surface area contributed by atoms with E-state index in [0.717, 1.165) is 0 Å². The van der Waals surface area contributed by atoms with Crippen molar-refractivity contribution in [2.45, 2.75) is 19.9 Å². The quantitative estimate of drug-likeness (QED) is 0.580. The molecule has 1 aromatic heterocycles. The fourth-order valence-electron chi connectivity index (χ4n) is 0.965. The molecule has 0 spiro atoms. The molecule has 0 aliphatic heterocycles. The third kappa shape index (κ3) is 1.39. The Balaban J connectivity index is 3.06. The van der Waals surface area contributed by atoms with Gasteiger partial charge in [0.1, 0.15) is 0 Å². The fourth-order valence-corrected chi connectivity index (χ4v) is 0.965. The van der Waals surface area contributed by atoms with Crippen molar-refractivity contribution in [2.24, 2.45) is 5.73 Å². The number of primary amides is 1. The van der Waals surface area contributed by atoms with Crippen molar-refractivity contribution in [2.75, 3.05) is 0 Å². The monoisotopic (exact) mass is 154 g/mol. The van der Waals surface area contributed by atoms with Gasteiger partial charge in [0.2, 0.25) is 0 Å². The van der Waals surface area contributed by atoms with Crippen LogP contribution in [0.25, 0.3) is 0 Å². The molecule has 0 saturated heterocycles. The van der Waals surface area contributed by atoms with Crippen LogP contribution in [0.4, 0.5) is 4.79 Å². The van der Waals surface area contributed by atoms with Crippen molar-refractivity contribution in [3.63, 3.8) is 0 Å². The highest BCUT2D eigenvalue weighted by Crippen LogP contribution is 1.91. The number of aromatic nitrogens is 2. The minimum Gasteiger partial charge on any atom is -0.347 e. The zero-order chi connectivity index (χ0) is 8.43. The molecule has 1 aromatic rings. The summed E-state index contributed by atoms with van der Waals surface area (Å²) in [4.78, 5) is 10.8. The van der Waals surface area contributed by atoms with Gasteiger partial charge in [0.05, 0.1) is 6.20 Å². The normalized spacial score (nSPS) is 10.5. The zero-order valence-corrected chi connectivity index (χ0v) is 6.69. The van der Waals surface area contributed by atoms with Gasteiger partial charge in [-0.05, 0) is 13.8 Å². The second-order valence-corrected chi connectivity index (χ2v) is 2.65. The van der Waals surface area contributed by atoms with E-state index in [0.29, 0.717) is 0 Å². The highest BCUT2D eigenvalue weighted by atomic mass is 16.2. The number of nitrogens with zero attached hydrogens (tertiary/aromatic N) is 2. The summed E-state index contributed by atoms with van der Waals surface area (Å²) >= 11 is 0. The molecule has 2 N–H and O–H groups in total. The average Bonchev–Trinajstić information content (AvgIpc) is 2.32. The molecule has 0 aliphatic rings. The van der Waals surface area contributed by atoms with E-state index in [1.54, 1.807) is 16.9 Å². The van der Waals surface area contributed by atoms with Crippen molar-refractivity contribution < 1.29 is 9.48 Å². The molecule has 60 valence electrons. The third-order valence-corrected chi connectivity index (χ3v) is 1.47. The zero-order valence-electron chi connectivity index (χ0n) is 6.69. The Hall–Kier alpha value is -1.32. The summed E-state index contributed by atoms with van der Waals surface area (Å²) in [5, 5.41) is 0. The molecule has 0 aromatic carbocycles. The lowest BCUT2D eigenvalue weighted by atomic mass is 10.4. The molecule has 11 heavy (non-hydrogen) atoms. The van der Waals surface area contributed by atoms with Crippen LogP contribution in [0, 0.1) is 0 Å². The van der Waals surface area contributed by atoms with Crippen molar-refractivity contribution in [3.05, 3.63) is 18.5 Å². The van der Waals surface area contributed by atoms with Crippen molar-refractivity contribution >= 4 is 6.03 Å². The van der Waals surface area contributed by atoms with Crippen LogP contribution in [0.15, 0.2) is 18.5 Å². The maximum absolute atomic E-state index is 10.8. The first-order valence-electron chi connectivity index (χ1n) is 3.51. The fraction of sp³-hybridized carbons (Fsp3) is 0.429. The van der Waals surface area contributed by atoms with E-state index >= 15 is 0 Å². The molecule has 0 fully saturated rings. The Bertz CT molecular complexity index is 264. The average molecular weight is 154 g/mol. The minimum atomic E-state index is -0.455. The predicted octanol–water partition coefficient (Wildman–Crippen LogP) is 0.283. The third-order valence-electron chi connectivity index (χ3n) is 1.47. The van der Waals surface area contributed by atoms with E-state index < -0.39 is 6.03 Å². The molecular weight excluding hydrogens is 142 g/mol. The first kappa shape index (κ1) is 7.78. The highest BCUT2D eigenvalue weighted by molar-refractivity contribution is 5.72. The minimum absolute atomic E-state index is 0.248. The Morgan fingerprint density at radius 2 is 2.27 bits per heavy atom. The van der Waals surface area contributed by atoms with Gasteiger partial charge in [-0.25, -0.2) is 4.79 Å². The second kappa shape index (κ2) is 2.74. The largest absolute Gasteiger partial charge is 0.372 e. The van der Waals surface area contributed by atoms with Gasteiger partial charge in [-0.15, -0.1) is 4.68 Å². The summed E-state index contributed by atoms with van der Waals surface area (Å²) in [6.07, 6.45) is 3.46. The number of carbonyl (C=O) groups excluding carboxylic acids is 1. The molecule has 1 heterocycles. The number of rotatable bonds is 1. The number of hydrogen-bond acceptors (Lipinski definition) is 1. The van der Waals surface area contributed by atoms with Crippen LogP contribution in [0.2, 0.25) is 0 Å². The molecule has 0 atom stereocenters. The Morgan fingerprint density at radius 1 is 1.64 bits per heavy atom. The summed E-state index contributed by atoms with van der Waals surface area (Å²) in [5.74, 6) is 0. The van der Waals surface area contributed by atoms with E-state index in [1.807, 2.05) is 20.0 Å². The van der Waals surface area contributed by atoms with Crippen LogP contribution in [0.1, 0.15) is 19.9 Å². The van der Waals surface area contributed by atoms with E-state index in [9.17, 15) is 4.79 Å². The van der Waals surface area contributed by atoms with Crippen molar-refractivity contribution in [1.29, 1.82) is 0 Å². The SMILES string of the molecule is CC(C)[n+]1cccn1C(N)=O. The first-order chi connectivity index (χ1) is 5.13. The first-order valence-corrected chi connectivity index (χ1v) is 3.51.